The average Bonchev–Trinajstić information content (AvgIpc) is 2.36. The van der Waals surface area contributed by atoms with Crippen LogP contribution in [0.25, 0.3) is 0 Å². The maximum Gasteiger partial charge on any atom is 0.573 e. The predicted molar refractivity (Wildman–Crippen MR) is 60.7 cm³/mol. The van der Waals surface area contributed by atoms with Crippen molar-refractivity contribution in [2.24, 2.45) is 0 Å². The third-order valence-corrected chi connectivity index (χ3v) is 2.43. The highest BCUT2D eigenvalue weighted by Crippen LogP contribution is 2.32. The van der Waals surface area contributed by atoms with Crippen molar-refractivity contribution in [2.45, 2.75) is 25.0 Å². The zero-order valence-electron chi connectivity index (χ0n) is 10.4. The highest BCUT2D eigenvalue weighted by Gasteiger charge is 2.34. The molecule has 0 aromatic heterocycles. The van der Waals surface area contributed by atoms with Crippen molar-refractivity contribution >= 4 is 5.97 Å². The Morgan fingerprint density at radius 3 is 2.45 bits per heavy atom. The summed E-state index contributed by atoms with van der Waals surface area (Å²) < 4.78 is 44.7. The van der Waals surface area contributed by atoms with E-state index in [0.29, 0.717) is 0 Å². The lowest BCUT2D eigenvalue weighted by molar-refractivity contribution is -0.275. The Kier molecular flexibility index (Phi) is 5.34. The quantitative estimate of drug-likeness (QED) is 0.806. The summed E-state index contributed by atoms with van der Waals surface area (Å²) in [6, 6.07) is 4.81. The molecule has 20 heavy (non-hydrogen) atoms. The van der Waals surface area contributed by atoms with Gasteiger partial charge in [0.15, 0.2) is 0 Å². The van der Waals surface area contributed by atoms with E-state index >= 15 is 0 Å². The van der Waals surface area contributed by atoms with Crippen LogP contribution in [0.3, 0.4) is 0 Å². The topological polar surface area (TPSA) is 76.0 Å². The molecule has 0 spiro atoms. The third-order valence-electron chi connectivity index (χ3n) is 2.43. The Hall–Kier alpha value is -1.80. The van der Waals surface area contributed by atoms with Gasteiger partial charge < -0.3 is 19.7 Å². The standard InChI is InChI=1S/C12H13F3O5/c1-19-10(17)6-8(16)11(18)7-4-2-3-5-9(7)20-12(13,14)15/h2-5,8,11,16,18H,6H2,1H3. The SMILES string of the molecule is COC(=O)CC(O)C(O)c1ccccc1OC(F)(F)F. The first-order valence-electron chi connectivity index (χ1n) is 5.52. The van der Waals surface area contributed by atoms with E-state index in [0.717, 1.165) is 19.2 Å². The van der Waals surface area contributed by atoms with Gasteiger partial charge in [-0.15, -0.1) is 13.2 Å². The monoisotopic (exact) mass is 294 g/mol. The van der Waals surface area contributed by atoms with Crippen LogP contribution in [0, 0.1) is 0 Å². The number of hydrogen-bond acceptors (Lipinski definition) is 5. The molecule has 8 heteroatoms. The molecule has 0 bridgehead atoms. The molecule has 1 aromatic carbocycles. The smallest absolute Gasteiger partial charge is 0.469 e. The van der Waals surface area contributed by atoms with Crippen molar-refractivity contribution in [3.8, 4) is 5.75 Å². The predicted octanol–water partition coefficient (Wildman–Crippen LogP) is 1.54. The number of carbonyl (C=O) groups excluding carboxylic acids is 1. The Balaban J connectivity index is 2.92. The van der Waals surface area contributed by atoms with Gasteiger partial charge in [-0.2, -0.15) is 0 Å². The van der Waals surface area contributed by atoms with Crippen molar-refractivity contribution in [1.29, 1.82) is 0 Å². The number of esters is 1. The van der Waals surface area contributed by atoms with E-state index in [4.69, 9.17) is 0 Å². The molecule has 0 aliphatic heterocycles. The number of rotatable bonds is 5. The van der Waals surface area contributed by atoms with Gasteiger partial charge in [-0.05, 0) is 6.07 Å². The van der Waals surface area contributed by atoms with Gasteiger partial charge in [-0.1, -0.05) is 18.2 Å². The maximum atomic E-state index is 12.2. The van der Waals surface area contributed by atoms with Gasteiger partial charge in [0.25, 0.3) is 0 Å². The number of aliphatic hydroxyl groups excluding tert-OH is 2. The molecular formula is C12H13F3O5. The number of alkyl halides is 3. The van der Waals surface area contributed by atoms with Gasteiger partial charge in [0.05, 0.1) is 19.6 Å². The highest BCUT2D eigenvalue weighted by molar-refractivity contribution is 5.69. The molecule has 1 rings (SSSR count). The van der Waals surface area contributed by atoms with E-state index in [9.17, 15) is 28.2 Å². The van der Waals surface area contributed by atoms with Crippen LogP contribution < -0.4 is 4.74 Å². The van der Waals surface area contributed by atoms with Crippen LogP contribution in [0.5, 0.6) is 5.75 Å². The first-order valence-corrected chi connectivity index (χ1v) is 5.52. The van der Waals surface area contributed by atoms with Crippen LogP contribution >= 0.6 is 0 Å². The van der Waals surface area contributed by atoms with Crippen LogP contribution in [0.4, 0.5) is 13.2 Å². The number of benzene rings is 1. The van der Waals surface area contributed by atoms with Crippen LogP contribution in [-0.2, 0) is 9.53 Å². The number of hydrogen-bond donors (Lipinski definition) is 2. The van der Waals surface area contributed by atoms with Gasteiger partial charge in [0.2, 0.25) is 0 Å². The summed E-state index contributed by atoms with van der Waals surface area (Å²) in [5, 5.41) is 19.4. The summed E-state index contributed by atoms with van der Waals surface area (Å²) in [6.45, 7) is 0. The lowest BCUT2D eigenvalue weighted by atomic mass is 10.0. The summed E-state index contributed by atoms with van der Waals surface area (Å²) in [6.07, 6.45) is -8.81. The molecule has 2 unspecified atom stereocenters. The number of halogens is 3. The van der Waals surface area contributed by atoms with Crippen LogP contribution in [-0.4, -0.2) is 35.8 Å². The van der Waals surface area contributed by atoms with E-state index in [2.05, 4.69) is 9.47 Å². The molecular weight excluding hydrogens is 281 g/mol. The zero-order chi connectivity index (χ0) is 15.3. The lowest BCUT2D eigenvalue weighted by Gasteiger charge is -2.20. The number of methoxy groups -OCH3 is 1. The highest BCUT2D eigenvalue weighted by atomic mass is 19.4. The van der Waals surface area contributed by atoms with Gasteiger partial charge in [-0.3, -0.25) is 4.79 Å². The minimum absolute atomic E-state index is 0.277. The van der Waals surface area contributed by atoms with Crippen molar-refractivity contribution in [3.05, 3.63) is 29.8 Å². The lowest BCUT2D eigenvalue weighted by Crippen LogP contribution is -2.24. The van der Waals surface area contributed by atoms with E-state index in [1.165, 1.54) is 12.1 Å². The molecule has 0 aliphatic carbocycles. The Labute approximate surface area is 112 Å². The number of ether oxygens (including phenoxy) is 2. The first kappa shape index (κ1) is 16.3. The Bertz CT molecular complexity index is 461. The second-order valence-corrected chi connectivity index (χ2v) is 3.88. The van der Waals surface area contributed by atoms with Crippen LogP contribution in [0.2, 0.25) is 0 Å². The summed E-state index contributed by atoms with van der Waals surface area (Å²) in [5.41, 5.74) is -0.277. The molecule has 0 aliphatic rings. The molecule has 0 heterocycles. The minimum Gasteiger partial charge on any atom is -0.469 e. The summed E-state index contributed by atoms with van der Waals surface area (Å²) >= 11 is 0. The maximum absolute atomic E-state index is 12.2. The van der Waals surface area contributed by atoms with Gasteiger partial charge in [0.1, 0.15) is 11.9 Å². The van der Waals surface area contributed by atoms with Crippen molar-refractivity contribution in [3.63, 3.8) is 0 Å². The second kappa shape index (κ2) is 6.58. The number of carbonyl (C=O) groups is 1. The molecule has 1 aromatic rings. The zero-order valence-corrected chi connectivity index (χ0v) is 10.4. The third kappa shape index (κ3) is 4.71. The van der Waals surface area contributed by atoms with E-state index in [-0.39, 0.29) is 5.56 Å². The molecule has 112 valence electrons. The molecule has 0 saturated heterocycles. The van der Waals surface area contributed by atoms with Gasteiger partial charge in [0, 0.05) is 5.56 Å². The van der Waals surface area contributed by atoms with Gasteiger partial charge in [-0.25, -0.2) is 0 Å². The van der Waals surface area contributed by atoms with Crippen molar-refractivity contribution in [1.82, 2.24) is 0 Å². The van der Waals surface area contributed by atoms with E-state index in [1.807, 2.05) is 0 Å². The molecule has 0 fully saturated rings. The van der Waals surface area contributed by atoms with Crippen LogP contribution in [0.1, 0.15) is 18.1 Å². The average molecular weight is 294 g/mol. The fourth-order valence-corrected chi connectivity index (χ4v) is 1.52. The fourth-order valence-electron chi connectivity index (χ4n) is 1.52. The molecule has 0 saturated carbocycles. The molecule has 2 N–H and O–H groups in total. The molecule has 0 radical (unpaired) electrons. The van der Waals surface area contributed by atoms with Crippen LogP contribution in [0.15, 0.2) is 24.3 Å². The molecule has 5 nitrogen and oxygen atoms in total. The summed E-state index contributed by atoms with van der Waals surface area (Å²) in [7, 11) is 1.09. The molecule has 0 amide bonds. The summed E-state index contributed by atoms with van der Waals surface area (Å²) in [5.74, 6) is -1.44. The number of para-hydroxylation sites is 1. The largest absolute Gasteiger partial charge is 0.573 e. The van der Waals surface area contributed by atoms with E-state index in [1.54, 1.807) is 0 Å². The minimum atomic E-state index is -4.93. The Morgan fingerprint density at radius 1 is 1.30 bits per heavy atom. The first-order chi connectivity index (χ1) is 9.24. The van der Waals surface area contributed by atoms with E-state index < -0.39 is 36.7 Å². The summed E-state index contributed by atoms with van der Waals surface area (Å²) in [4.78, 5) is 11.0. The number of aliphatic hydroxyl groups is 2. The Morgan fingerprint density at radius 2 is 1.90 bits per heavy atom. The van der Waals surface area contributed by atoms with Gasteiger partial charge >= 0.3 is 12.3 Å². The normalized spacial score (nSPS) is 14.5. The van der Waals surface area contributed by atoms with Crippen molar-refractivity contribution < 1.29 is 37.7 Å². The molecule has 2 atom stereocenters. The second-order valence-electron chi connectivity index (χ2n) is 3.88. The van der Waals surface area contributed by atoms with Crippen molar-refractivity contribution in [2.75, 3.05) is 7.11 Å². The fraction of sp³-hybridized carbons (Fsp3) is 0.417.